The minimum absolute atomic E-state index is 0.0396. The molecule has 0 fully saturated rings. The highest BCUT2D eigenvalue weighted by atomic mass is 16.6. The van der Waals surface area contributed by atoms with Gasteiger partial charge in [0.05, 0.1) is 18.6 Å². The summed E-state index contributed by atoms with van der Waals surface area (Å²) in [7, 11) is 1.42. The third-order valence-corrected chi connectivity index (χ3v) is 1.70. The second kappa shape index (κ2) is 5.68. The summed E-state index contributed by atoms with van der Waals surface area (Å²) in [5, 5.41) is 19.2. The van der Waals surface area contributed by atoms with Crippen LogP contribution in [0.5, 0.6) is 5.88 Å². The van der Waals surface area contributed by atoms with Crippen LogP contribution in [0.1, 0.15) is 12.1 Å². The topological polar surface area (TPSA) is 85.5 Å². The molecule has 84 valence electrons. The van der Waals surface area contributed by atoms with Crippen LogP contribution in [0.2, 0.25) is 0 Å². The van der Waals surface area contributed by atoms with E-state index in [0.29, 0.717) is 0 Å². The van der Waals surface area contributed by atoms with Gasteiger partial charge in [0, 0.05) is 18.6 Å². The molecule has 0 aliphatic carbocycles. The summed E-state index contributed by atoms with van der Waals surface area (Å²) in [6.07, 6.45) is 0.246. The van der Waals surface area contributed by atoms with Crippen LogP contribution < -0.4 is 4.74 Å². The second-order valence-electron chi connectivity index (χ2n) is 2.75. The zero-order chi connectivity index (χ0) is 12.0. The molecule has 0 spiro atoms. The van der Waals surface area contributed by atoms with Gasteiger partial charge in [-0.25, -0.2) is 0 Å². The number of nitrogens with zero attached hydrogens (tertiary/aromatic N) is 2. The molecular weight excluding hydrogens is 212 g/mol. The normalized spacial score (nSPS) is 9.12. The standard InChI is InChI=1S/C10H10N2O4/c1-16-10-6-5-9(12(14)15)8(11-10)4-2-3-7-13/h5-6,13H,3,7H2,1H3. The summed E-state index contributed by atoms with van der Waals surface area (Å²) < 4.78 is 4.85. The molecule has 1 N–H and O–H groups in total. The Morgan fingerprint density at radius 1 is 1.62 bits per heavy atom. The van der Waals surface area contributed by atoms with Crippen molar-refractivity contribution in [1.82, 2.24) is 4.98 Å². The fourth-order valence-electron chi connectivity index (χ4n) is 0.989. The van der Waals surface area contributed by atoms with Gasteiger partial charge in [0.15, 0.2) is 5.69 Å². The monoisotopic (exact) mass is 222 g/mol. The van der Waals surface area contributed by atoms with Crippen LogP contribution in [0.3, 0.4) is 0 Å². The number of aliphatic hydroxyl groups is 1. The summed E-state index contributed by atoms with van der Waals surface area (Å²) in [6, 6.07) is 2.68. The summed E-state index contributed by atoms with van der Waals surface area (Å²) in [5.41, 5.74) is -0.135. The van der Waals surface area contributed by atoms with Gasteiger partial charge in [-0.15, -0.1) is 0 Å². The van der Waals surface area contributed by atoms with Crippen LogP contribution in [-0.4, -0.2) is 28.7 Å². The van der Waals surface area contributed by atoms with E-state index in [1.54, 1.807) is 0 Å². The number of aromatic nitrogens is 1. The van der Waals surface area contributed by atoms with E-state index in [1.807, 2.05) is 0 Å². The van der Waals surface area contributed by atoms with Crippen molar-refractivity contribution in [3.63, 3.8) is 0 Å². The Hall–Kier alpha value is -2.13. The van der Waals surface area contributed by atoms with Gasteiger partial charge in [-0.1, -0.05) is 5.92 Å². The fraction of sp³-hybridized carbons (Fsp3) is 0.300. The Morgan fingerprint density at radius 3 is 2.94 bits per heavy atom. The molecule has 0 aliphatic rings. The van der Waals surface area contributed by atoms with Gasteiger partial charge in [0.25, 0.3) is 0 Å². The highest BCUT2D eigenvalue weighted by molar-refractivity contribution is 5.47. The summed E-state index contributed by atoms with van der Waals surface area (Å²) in [5.74, 6) is 5.37. The van der Waals surface area contributed by atoms with Crippen LogP contribution in [0.25, 0.3) is 0 Å². The molecule has 0 bridgehead atoms. The molecule has 0 aromatic carbocycles. The Bertz CT molecular complexity index is 448. The van der Waals surface area contributed by atoms with Crippen LogP contribution in [0.4, 0.5) is 5.69 Å². The molecule has 1 heterocycles. The minimum Gasteiger partial charge on any atom is -0.481 e. The Labute approximate surface area is 92.0 Å². The first-order chi connectivity index (χ1) is 7.69. The molecule has 6 nitrogen and oxygen atoms in total. The van der Waals surface area contributed by atoms with Crippen molar-refractivity contribution in [1.29, 1.82) is 0 Å². The molecule has 0 atom stereocenters. The molecule has 1 rings (SSSR count). The van der Waals surface area contributed by atoms with Crippen LogP contribution in [-0.2, 0) is 0 Å². The highest BCUT2D eigenvalue weighted by Crippen LogP contribution is 2.18. The quantitative estimate of drug-likeness (QED) is 0.463. The fourth-order valence-corrected chi connectivity index (χ4v) is 0.989. The zero-order valence-corrected chi connectivity index (χ0v) is 8.64. The van der Waals surface area contributed by atoms with Gasteiger partial charge in [0.1, 0.15) is 0 Å². The number of ether oxygens (including phenoxy) is 1. The molecule has 6 heteroatoms. The molecule has 1 aromatic rings. The highest BCUT2D eigenvalue weighted by Gasteiger charge is 2.14. The average molecular weight is 222 g/mol. The molecule has 0 aliphatic heterocycles. The maximum atomic E-state index is 10.7. The van der Waals surface area contributed by atoms with Crippen molar-refractivity contribution >= 4 is 5.69 Å². The number of hydrogen-bond donors (Lipinski definition) is 1. The molecule has 0 amide bonds. The molecule has 0 saturated carbocycles. The van der Waals surface area contributed by atoms with Crippen molar-refractivity contribution < 1.29 is 14.8 Å². The van der Waals surface area contributed by atoms with E-state index in [1.165, 1.54) is 19.2 Å². The lowest BCUT2D eigenvalue weighted by molar-refractivity contribution is -0.385. The van der Waals surface area contributed by atoms with Crippen LogP contribution in [0, 0.1) is 22.0 Å². The molecule has 1 aromatic heterocycles. The van der Waals surface area contributed by atoms with E-state index in [2.05, 4.69) is 16.8 Å². The number of rotatable bonds is 3. The van der Waals surface area contributed by atoms with Crippen molar-refractivity contribution in [3.05, 3.63) is 27.9 Å². The first-order valence-electron chi connectivity index (χ1n) is 4.48. The summed E-state index contributed by atoms with van der Waals surface area (Å²) >= 11 is 0. The Kier molecular flexibility index (Phi) is 4.24. The lowest BCUT2D eigenvalue weighted by atomic mass is 10.3. The Morgan fingerprint density at radius 2 is 2.38 bits per heavy atom. The first-order valence-corrected chi connectivity index (χ1v) is 4.48. The Balaban J connectivity index is 3.11. The predicted octanol–water partition coefficient (Wildman–Crippen LogP) is 0.732. The van der Waals surface area contributed by atoms with E-state index < -0.39 is 4.92 Å². The van der Waals surface area contributed by atoms with Gasteiger partial charge in [0.2, 0.25) is 5.88 Å². The number of hydrogen-bond acceptors (Lipinski definition) is 5. The third-order valence-electron chi connectivity index (χ3n) is 1.70. The molecule has 0 saturated heterocycles. The van der Waals surface area contributed by atoms with Gasteiger partial charge in [-0.2, -0.15) is 4.98 Å². The van der Waals surface area contributed by atoms with Gasteiger partial charge < -0.3 is 9.84 Å². The number of aliphatic hydroxyl groups excluding tert-OH is 1. The van der Waals surface area contributed by atoms with E-state index in [-0.39, 0.29) is 30.3 Å². The third kappa shape index (κ3) is 2.93. The number of methoxy groups -OCH3 is 1. The lowest BCUT2D eigenvalue weighted by Crippen LogP contribution is -1.97. The number of pyridine rings is 1. The van der Waals surface area contributed by atoms with Crippen molar-refractivity contribution in [3.8, 4) is 17.7 Å². The molecule has 0 unspecified atom stereocenters. The van der Waals surface area contributed by atoms with E-state index in [9.17, 15) is 10.1 Å². The van der Waals surface area contributed by atoms with Crippen molar-refractivity contribution in [2.75, 3.05) is 13.7 Å². The van der Waals surface area contributed by atoms with Gasteiger partial charge in [-0.05, 0) is 5.92 Å². The second-order valence-corrected chi connectivity index (χ2v) is 2.75. The van der Waals surface area contributed by atoms with Crippen LogP contribution in [0.15, 0.2) is 12.1 Å². The lowest BCUT2D eigenvalue weighted by Gasteiger charge is -1.99. The SMILES string of the molecule is COc1ccc([N+](=O)[O-])c(C#CCCO)n1. The van der Waals surface area contributed by atoms with Crippen molar-refractivity contribution in [2.45, 2.75) is 6.42 Å². The van der Waals surface area contributed by atoms with Crippen LogP contribution >= 0.6 is 0 Å². The van der Waals surface area contributed by atoms with Gasteiger partial charge >= 0.3 is 5.69 Å². The smallest absolute Gasteiger partial charge is 0.303 e. The first kappa shape index (κ1) is 11.9. The summed E-state index contributed by atoms with van der Waals surface area (Å²) in [6.45, 7) is -0.0925. The largest absolute Gasteiger partial charge is 0.481 e. The maximum absolute atomic E-state index is 10.7. The maximum Gasteiger partial charge on any atom is 0.303 e. The van der Waals surface area contributed by atoms with Crippen molar-refractivity contribution in [2.24, 2.45) is 0 Å². The average Bonchev–Trinajstić information content (AvgIpc) is 2.29. The predicted molar refractivity (Wildman–Crippen MR) is 56.0 cm³/mol. The van der Waals surface area contributed by atoms with E-state index in [4.69, 9.17) is 9.84 Å². The van der Waals surface area contributed by atoms with E-state index in [0.717, 1.165) is 0 Å². The summed E-state index contributed by atoms with van der Waals surface area (Å²) in [4.78, 5) is 14.0. The van der Waals surface area contributed by atoms with Gasteiger partial charge in [-0.3, -0.25) is 10.1 Å². The molecule has 16 heavy (non-hydrogen) atoms. The molecule has 0 radical (unpaired) electrons. The minimum atomic E-state index is -0.560. The zero-order valence-electron chi connectivity index (χ0n) is 8.64. The van der Waals surface area contributed by atoms with E-state index >= 15 is 0 Å². The number of nitro groups is 1. The molecular formula is C10H10N2O4.